The molecular weight excluding hydrogens is 212 g/mol. The predicted molar refractivity (Wildman–Crippen MR) is 66.4 cm³/mol. The van der Waals surface area contributed by atoms with E-state index in [0.29, 0.717) is 23.9 Å². The Morgan fingerprint density at radius 1 is 1.18 bits per heavy atom. The minimum Gasteiger partial charge on any atom is -0.465 e. The molecule has 1 saturated heterocycles. The van der Waals surface area contributed by atoms with Gasteiger partial charge in [-0.3, -0.25) is 4.79 Å². The van der Waals surface area contributed by atoms with Gasteiger partial charge in [0.25, 0.3) is 0 Å². The minimum absolute atomic E-state index is 0.0971. The molecule has 17 heavy (non-hydrogen) atoms. The monoisotopic (exact) mass is 236 g/mol. The van der Waals surface area contributed by atoms with Crippen LogP contribution in [0.15, 0.2) is 0 Å². The van der Waals surface area contributed by atoms with Gasteiger partial charge in [-0.15, -0.1) is 0 Å². The quantitative estimate of drug-likeness (QED) is 0.602. The highest BCUT2D eigenvalue weighted by Crippen LogP contribution is 2.62. The number of rotatable bonds is 0. The second-order valence-electron chi connectivity index (χ2n) is 7.35. The van der Waals surface area contributed by atoms with E-state index in [1.807, 2.05) is 0 Å². The molecule has 0 aromatic heterocycles. The van der Waals surface area contributed by atoms with Crippen LogP contribution < -0.4 is 0 Å². The minimum atomic E-state index is 0.0971. The maximum absolute atomic E-state index is 12.1. The van der Waals surface area contributed by atoms with E-state index in [0.717, 1.165) is 0 Å². The van der Waals surface area contributed by atoms with Crippen molar-refractivity contribution in [1.82, 2.24) is 0 Å². The lowest BCUT2D eigenvalue weighted by molar-refractivity contribution is -0.152. The lowest BCUT2D eigenvalue weighted by Gasteiger charge is -2.56. The number of hydrogen-bond acceptors (Lipinski definition) is 2. The Morgan fingerprint density at radius 2 is 1.94 bits per heavy atom. The van der Waals surface area contributed by atoms with Crippen molar-refractivity contribution in [3.8, 4) is 0 Å². The summed E-state index contributed by atoms with van der Waals surface area (Å²) < 4.78 is 5.34. The Kier molecular flexibility index (Phi) is 2.37. The summed E-state index contributed by atoms with van der Waals surface area (Å²) in [5, 5.41) is 0. The van der Waals surface area contributed by atoms with Gasteiger partial charge in [0.1, 0.15) is 0 Å². The molecular formula is C15H24O2. The van der Waals surface area contributed by atoms with Crippen molar-refractivity contribution in [3.05, 3.63) is 0 Å². The summed E-state index contributed by atoms with van der Waals surface area (Å²) in [5.41, 5.74) is 0.610. The summed E-state index contributed by atoms with van der Waals surface area (Å²) in [7, 11) is 0. The van der Waals surface area contributed by atoms with Crippen molar-refractivity contribution in [3.63, 3.8) is 0 Å². The van der Waals surface area contributed by atoms with Crippen molar-refractivity contribution in [2.75, 3.05) is 6.61 Å². The number of esters is 1. The summed E-state index contributed by atoms with van der Waals surface area (Å²) >= 11 is 0. The fourth-order valence-corrected chi connectivity index (χ4v) is 5.26. The first-order valence-electron chi connectivity index (χ1n) is 7.12. The molecule has 2 aliphatic carbocycles. The van der Waals surface area contributed by atoms with Gasteiger partial charge in [-0.05, 0) is 42.4 Å². The normalized spacial score (nSPS) is 48.2. The summed E-state index contributed by atoms with van der Waals surface area (Å²) in [6, 6.07) is 0. The van der Waals surface area contributed by atoms with Gasteiger partial charge in [-0.2, -0.15) is 0 Å². The molecule has 0 bridgehead atoms. The fraction of sp³-hybridized carbons (Fsp3) is 0.933. The number of ether oxygens (including phenoxy) is 1. The summed E-state index contributed by atoms with van der Waals surface area (Å²) in [4.78, 5) is 12.1. The first-order valence-corrected chi connectivity index (χ1v) is 7.12. The van der Waals surface area contributed by atoms with Gasteiger partial charge < -0.3 is 4.74 Å². The predicted octanol–water partition coefficient (Wildman–Crippen LogP) is 3.40. The van der Waals surface area contributed by atoms with E-state index < -0.39 is 0 Å². The zero-order valence-electron chi connectivity index (χ0n) is 11.3. The first-order chi connectivity index (χ1) is 7.95. The lowest BCUT2D eigenvalue weighted by Crippen LogP contribution is -2.52. The van der Waals surface area contributed by atoms with Gasteiger partial charge in [-0.1, -0.05) is 27.2 Å². The largest absolute Gasteiger partial charge is 0.465 e. The van der Waals surface area contributed by atoms with Crippen LogP contribution >= 0.6 is 0 Å². The average molecular weight is 236 g/mol. The molecule has 2 heteroatoms. The molecule has 0 radical (unpaired) electrons. The molecule has 3 fully saturated rings. The van der Waals surface area contributed by atoms with Gasteiger partial charge >= 0.3 is 5.97 Å². The van der Waals surface area contributed by atoms with E-state index >= 15 is 0 Å². The summed E-state index contributed by atoms with van der Waals surface area (Å²) in [6.07, 6.45) is 6.30. The third-order valence-corrected chi connectivity index (χ3v) is 5.98. The molecule has 4 atom stereocenters. The van der Waals surface area contributed by atoms with E-state index in [4.69, 9.17) is 4.74 Å². The Labute approximate surface area is 104 Å². The van der Waals surface area contributed by atoms with E-state index in [-0.39, 0.29) is 17.3 Å². The Hall–Kier alpha value is -0.530. The molecule has 3 rings (SSSR count). The molecule has 0 aromatic rings. The highest BCUT2D eigenvalue weighted by Gasteiger charge is 2.59. The van der Waals surface area contributed by atoms with Crippen LogP contribution in [0, 0.1) is 28.6 Å². The van der Waals surface area contributed by atoms with Crippen molar-refractivity contribution in [2.24, 2.45) is 28.6 Å². The average Bonchev–Trinajstić information content (AvgIpc) is 2.60. The molecule has 96 valence electrons. The van der Waals surface area contributed by atoms with Crippen molar-refractivity contribution < 1.29 is 9.53 Å². The molecule has 0 N–H and O–H groups in total. The van der Waals surface area contributed by atoms with Gasteiger partial charge in [0.15, 0.2) is 0 Å². The van der Waals surface area contributed by atoms with Crippen LogP contribution in [0.25, 0.3) is 0 Å². The number of carbonyl (C=O) groups is 1. The summed E-state index contributed by atoms with van der Waals surface area (Å²) in [6.45, 7) is 7.85. The van der Waals surface area contributed by atoms with Gasteiger partial charge in [0.2, 0.25) is 0 Å². The molecule has 2 nitrogen and oxygen atoms in total. The number of carbonyl (C=O) groups excluding carboxylic acids is 1. The van der Waals surface area contributed by atoms with Gasteiger partial charge in [0, 0.05) is 5.92 Å². The first kappa shape index (κ1) is 11.6. The zero-order valence-corrected chi connectivity index (χ0v) is 11.3. The Morgan fingerprint density at radius 3 is 2.71 bits per heavy atom. The van der Waals surface area contributed by atoms with Crippen LogP contribution in [0.1, 0.15) is 52.9 Å². The van der Waals surface area contributed by atoms with Crippen LogP contribution in [0.4, 0.5) is 0 Å². The highest BCUT2D eigenvalue weighted by atomic mass is 16.5. The maximum Gasteiger partial charge on any atom is 0.309 e. The number of cyclic esters (lactones) is 1. The molecule has 1 aliphatic heterocycles. The Bertz CT molecular complexity index is 347. The zero-order chi connectivity index (χ0) is 12.3. The standard InChI is InChI=1S/C15H24O2/c1-14(2)7-4-8-15(3)11(14)6-5-10-9-17-13(16)12(10)15/h10-12H,4-9H2,1-3H3/t10-,11-,12+,15-/m0/s1. The second-order valence-corrected chi connectivity index (χ2v) is 7.35. The van der Waals surface area contributed by atoms with Gasteiger partial charge in [0.05, 0.1) is 12.5 Å². The molecule has 0 amide bonds. The van der Waals surface area contributed by atoms with E-state index in [1.165, 1.54) is 32.1 Å². The topological polar surface area (TPSA) is 26.3 Å². The maximum atomic E-state index is 12.1. The smallest absolute Gasteiger partial charge is 0.309 e. The molecule has 0 spiro atoms. The van der Waals surface area contributed by atoms with Crippen LogP contribution in [0.3, 0.4) is 0 Å². The summed E-state index contributed by atoms with van der Waals surface area (Å²) in [5.74, 6) is 1.51. The molecule has 2 saturated carbocycles. The van der Waals surface area contributed by atoms with Crippen LogP contribution in [-0.4, -0.2) is 12.6 Å². The van der Waals surface area contributed by atoms with Crippen molar-refractivity contribution >= 4 is 5.97 Å². The fourth-order valence-electron chi connectivity index (χ4n) is 5.26. The van der Waals surface area contributed by atoms with Crippen LogP contribution in [0.2, 0.25) is 0 Å². The van der Waals surface area contributed by atoms with E-state index in [2.05, 4.69) is 20.8 Å². The lowest BCUT2D eigenvalue weighted by atomic mass is 9.47. The third kappa shape index (κ3) is 1.49. The molecule has 0 unspecified atom stereocenters. The number of fused-ring (bicyclic) bond motifs is 3. The van der Waals surface area contributed by atoms with Crippen LogP contribution in [-0.2, 0) is 9.53 Å². The van der Waals surface area contributed by atoms with Crippen molar-refractivity contribution in [2.45, 2.75) is 52.9 Å². The SMILES string of the molecule is CC1(C)CCC[C@]2(C)[C@H]3C(=O)OC[C@@H]3CC[C@@H]12. The highest BCUT2D eigenvalue weighted by molar-refractivity contribution is 5.76. The van der Waals surface area contributed by atoms with Crippen LogP contribution in [0.5, 0.6) is 0 Å². The van der Waals surface area contributed by atoms with E-state index in [1.54, 1.807) is 0 Å². The third-order valence-electron chi connectivity index (χ3n) is 5.98. The van der Waals surface area contributed by atoms with E-state index in [9.17, 15) is 4.79 Å². The molecule has 3 aliphatic rings. The van der Waals surface area contributed by atoms with Crippen molar-refractivity contribution in [1.29, 1.82) is 0 Å². The Balaban J connectivity index is 1.99. The number of hydrogen-bond donors (Lipinski definition) is 0. The molecule has 1 heterocycles. The van der Waals surface area contributed by atoms with Gasteiger partial charge in [-0.25, -0.2) is 0 Å². The second kappa shape index (κ2) is 3.49. The molecule has 0 aromatic carbocycles.